The maximum atomic E-state index is 14.9. The second-order valence-corrected chi connectivity index (χ2v) is 10.4. The summed E-state index contributed by atoms with van der Waals surface area (Å²) < 4.78 is 16.9. The molecule has 7 nitrogen and oxygen atoms in total. The van der Waals surface area contributed by atoms with E-state index in [-0.39, 0.29) is 12.0 Å². The van der Waals surface area contributed by atoms with Crippen molar-refractivity contribution in [2.45, 2.75) is 18.9 Å². The number of piperidine rings is 1. The summed E-state index contributed by atoms with van der Waals surface area (Å²) in [7, 11) is 1.93. The van der Waals surface area contributed by atoms with E-state index in [2.05, 4.69) is 33.0 Å². The number of aromatic nitrogens is 1. The van der Waals surface area contributed by atoms with Crippen molar-refractivity contribution in [3.8, 4) is 0 Å². The summed E-state index contributed by atoms with van der Waals surface area (Å²) >= 11 is 0. The lowest BCUT2D eigenvalue weighted by Crippen LogP contribution is -2.35. The highest BCUT2D eigenvalue weighted by molar-refractivity contribution is 6.06. The van der Waals surface area contributed by atoms with Crippen LogP contribution in [0.1, 0.15) is 23.2 Å². The van der Waals surface area contributed by atoms with Gasteiger partial charge in [0.1, 0.15) is 5.82 Å². The molecule has 0 aliphatic carbocycles. The molecule has 5 aromatic rings. The molecule has 1 aliphatic heterocycles. The molecule has 2 heterocycles. The third-order valence-corrected chi connectivity index (χ3v) is 7.53. The number of aliphatic hydroxyl groups excluding tert-OH is 1. The molecule has 0 radical (unpaired) electrons. The molecule has 1 fully saturated rings. The van der Waals surface area contributed by atoms with Crippen molar-refractivity contribution < 1.29 is 14.3 Å². The number of hydrogen-bond acceptors (Lipinski definition) is 5. The number of carbonyl (C=O) groups is 1. The third-order valence-electron chi connectivity index (χ3n) is 7.53. The Bertz CT molecular complexity index is 1670. The molecule has 6 rings (SSSR count). The van der Waals surface area contributed by atoms with E-state index in [0.717, 1.165) is 59.6 Å². The maximum Gasteiger partial charge on any atom is 0.255 e. The van der Waals surface area contributed by atoms with Gasteiger partial charge < -0.3 is 30.5 Å². The van der Waals surface area contributed by atoms with Gasteiger partial charge in [-0.3, -0.25) is 4.79 Å². The van der Waals surface area contributed by atoms with E-state index in [1.54, 1.807) is 18.2 Å². The summed E-state index contributed by atoms with van der Waals surface area (Å²) in [5.41, 5.74) is 5.94. The number of nitrogens with one attached hydrogen (secondary N) is 3. The molecule has 1 saturated heterocycles. The van der Waals surface area contributed by atoms with E-state index in [1.165, 1.54) is 6.07 Å². The molecule has 0 spiro atoms. The van der Waals surface area contributed by atoms with Crippen LogP contribution in [0, 0.1) is 5.82 Å². The first-order valence-corrected chi connectivity index (χ1v) is 13.7. The number of fused-ring (bicyclic) bond motifs is 1. The predicted molar refractivity (Wildman–Crippen MR) is 164 cm³/mol. The molecular formula is C33H32FN5O2. The van der Waals surface area contributed by atoms with Crippen LogP contribution in [-0.4, -0.2) is 34.8 Å². The monoisotopic (exact) mass is 549 g/mol. The van der Waals surface area contributed by atoms with Crippen LogP contribution in [0.3, 0.4) is 0 Å². The Labute approximate surface area is 238 Å². The van der Waals surface area contributed by atoms with E-state index >= 15 is 0 Å². The topological polar surface area (TPSA) is 81.6 Å². The highest BCUT2D eigenvalue weighted by Gasteiger charge is 2.17. The lowest BCUT2D eigenvalue weighted by atomic mass is 10.1. The van der Waals surface area contributed by atoms with Gasteiger partial charge >= 0.3 is 0 Å². The standard InChI is InChI=1S/C33H32FN5O2/c1-38-17-14-22-2-3-23(20-32(22)38)33(41)37-27-10-13-31(30(34)21-27)36-26-6-4-24(5-7-26)35-25-8-11-28(12-9-25)39-18-15-29(40)16-19-39/h2-14,17,20-21,29,35-36,40H,15-16,18-19H2,1H3,(H,37,41). The van der Waals surface area contributed by atoms with Crippen LogP contribution >= 0.6 is 0 Å². The summed E-state index contributed by atoms with van der Waals surface area (Å²) in [5.74, 6) is -0.761. The molecule has 1 amide bonds. The molecule has 4 N–H and O–H groups in total. The minimum atomic E-state index is -0.466. The summed E-state index contributed by atoms with van der Waals surface area (Å²) in [4.78, 5) is 15.1. The molecule has 1 aliphatic rings. The summed E-state index contributed by atoms with van der Waals surface area (Å²) in [5, 5.41) is 20.1. The zero-order chi connectivity index (χ0) is 28.3. The first kappa shape index (κ1) is 26.4. The van der Waals surface area contributed by atoms with Gasteiger partial charge in [0, 0.05) is 65.9 Å². The molecule has 0 unspecified atom stereocenters. The van der Waals surface area contributed by atoms with Gasteiger partial charge in [0.25, 0.3) is 5.91 Å². The summed E-state index contributed by atoms with van der Waals surface area (Å²) in [6, 6.07) is 28.0. The van der Waals surface area contributed by atoms with Crippen molar-refractivity contribution in [3.05, 3.63) is 109 Å². The predicted octanol–water partition coefficient (Wildman–Crippen LogP) is 7.02. The molecule has 4 aromatic carbocycles. The van der Waals surface area contributed by atoms with Crippen LogP contribution in [0.5, 0.6) is 0 Å². The van der Waals surface area contributed by atoms with E-state index in [1.807, 2.05) is 72.4 Å². The Morgan fingerprint density at radius 1 is 0.805 bits per heavy atom. The first-order valence-electron chi connectivity index (χ1n) is 13.7. The Kier molecular flexibility index (Phi) is 7.31. The number of halogens is 1. The SMILES string of the molecule is Cn1ccc2ccc(C(=O)Nc3ccc(Nc4ccc(Nc5ccc(N6CCC(O)CC6)cc5)cc4)c(F)c3)cc21. The van der Waals surface area contributed by atoms with Crippen molar-refractivity contribution in [3.63, 3.8) is 0 Å². The molecule has 0 bridgehead atoms. The number of aryl methyl sites for hydroxylation is 1. The summed E-state index contributed by atoms with van der Waals surface area (Å²) in [6.45, 7) is 1.73. The first-order chi connectivity index (χ1) is 19.9. The molecule has 208 valence electrons. The number of benzene rings is 4. The van der Waals surface area contributed by atoms with Crippen LogP contribution in [0.2, 0.25) is 0 Å². The zero-order valence-corrected chi connectivity index (χ0v) is 22.8. The van der Waals surface area contributed by atoms with Gasteiger partial charge in [0.05, 0.1) is 11.8 Å². The van der Waals surface area contributed by atoms with Crippen molar-refractivity contribution in [1.82, 2.24) is 4.57 Å². The number of nitrogens with zero attached hydrogens (tertiary/aromatic N) is 2. The largest absolute Gasteiger partial charge is 0.393 e. The normalized spacial score (nSPS) is 13.8. The lowest BCUT2D eigenvalue weighted by molar-refractivity contribution is 0.102. The molecule has 8 heteroatoms. The smallest absolute Gasteiger partial charge is 0.255 e. The van der Waals surface area contributed by atoms with Gasteiger partial charge in [0.15, 0.2) is 0 Å². The van der Waals surface area contributed by atoms with Gasteiger partial charge in [-0.1, -0.05) is 6.07 Å². The number of aliphatic hydroxyl groups is 1. The highest BCUT2D eigenvalue weighted by Crippen LogP contribution is 2.27. The number of anilines is 6. The number of amides is 1. The van der Waals surface area contributed by atoms with E-state index in [4.69, 9.17) is 0 Å². The average molecular weight is 550 g/mol. The van der Waals surface area contributed by atoms with Crippen LogP contribution in [0.4, 0.5) is 38.5 Å². The fraction of sp³-hybridized carbons (Fsp3) is 0.182. The summed E-state index contributed by atoms with van der Waals surface area (Å²) in [6.07, 6.45) is 3.36. The molecule has 1 aromatic heterocycles. The fourth-order valence-electron chi connectivity index (χ4n) is 5.14. The van der Waals surface area contributed by atoms with Gasteiger partial charge in [-0.05, 0) is 103 Å². The quantitative estimate of drug-likeness (QED) is 0.175. The van der Waals surface area contributed by atoms with Gasteiger partial charge in [0.2, 0.25) is 0 Å². The molecule has 0 saturated carbocycles. The lowest BCUT2D eigenvalue weighted by Gasteiger charge is -2.31. The molecule has 41 heavy (non-hydrogen) atoms. The van der Waals surface area contributed by atoms with Crippen molar-refractivity contribution >= 4 is 50.9 Å². The Morgan fingerprint density at radius 3 is 2.12 bits per heavy atom. The Hall–Kier alpha value is -4.82. The second-order valence-electron chi connectivity index (χ2n) is 10.4. The van der Waals surface area contributed by atoms with Crippen LogP contribution in [0.25, 0.3) is 10.9 Å². The van der Waals surface area contributed by atoms with Crippen LogP contribution < -0.4 is 20.9 Å². The number of hydrogen-bond donors (Lipinski definition) is 4. The molecular weight excluding hydrogens is 517 g/mol. The van der Waals surface area contributed by atoms with E-state index in [9.17, 15) is 14.3 Å². The minimum absolute atomic E-state index is 0.185. The van der Waals surface area contributed by atoms with Crippen molar-refractivity contribution in [2.75, 3.05) is 33.9 Å². The average Bonchev–Trinajstić information content (AvgIpc) is 3.36. The Balaban J connectivity index is 1.05. The van der Waals surface area contributed by atoms with Crippen molar-refractivity contribution in [2.24, 2.45) is 7.05 Å². The molecule has 0 atom stereocenters. The number of carbonyl (C=O) groups excluding carboxylic acids is 1. The van der Waals surface area contributed by atoms with Crippen molar-refractivity contribution in [1.29, 1.82) is 0 Å². The van der Waals surface area contributed by atoms with Gasteiger partial charge in [-0.15, -0.1) is 0 Å². The minimum Gasteiger partial charge on any atom is -0.393 e. The second kappa shape index (κ2) is 11.3. The fourth-order valence-corrected chi connectivity index (χ4v) is 5.14. The van der Waals surface area contributed by atoms with E-state index in [0.29, 0.717) is 16.9 Å². The maximum absolute atomic E-state index is 14.9. The number of rotatable bonds is 7. The Morgan fingerprint density at radius 2 is 1.44 bits per heavy atom. The van der Waals surface area contributed by atoms with Gasteiger partial charge in [-0.2, -0.15) is 0 Å². The van der Waals surface area contributed by atoms with Crippen LogP contribution in [0.15, 0.2) is 97.2 Å². The van der Waals surface area contributed by atoms with Crippen LogP contribution in [-0.2, 0) is 7.05 Å². The highest BCUT2D eigenvalue weighted by atomic mass is 19.1. The van der Waals surface area contributed by atoms with E-state index < -0.39 is 5.82 Å². The zero-order valence-electron chi connectivity index (χ0n) is 22.8. The third kappa shape index (κ3) is 6.02. The van der Waals surface area contributed by atoms with Gasteiger partial charge in [-0.25, -0.2) is 4.39 Å².